The van der Waals surface area contributed by atoms with Crippen LogP contribution in [0.15, 0.2) is 53.6 Å². The normalized spacial score (nSPS) is 10.8. The monoisotopic (exact) mass is 449 g/mol. The second-order valence-corrected chi connectivity index (χ2v) is 7.22. The standard InChI is InChI=1S/C24H23N3O6/c1-14-8-6-7-9-18(14)27-23(28)16-12-26(13-17(21(16)25-27)24(29)33-5)15-10-19(30-2)22(32-4)20(11-15)31-3/h6-13H,1-5H3. The highest BCUT2D eigenvalue weighted by molar-refractivity contribution is 5.96. The van der Waals surface area contributed by atoms with Crippen LogP contribution in [0.2, 0.25) is 0 Å². The highest BCUT2D eigenvalue weighted by atomic mass is 16.5. The summed E-state index contributed by atoms with van der Waals surface area (Å²) < 4.78 is 24.2. The molecule has 170 valence electrons. The summed E-state index contributed by atoms with van der Waals surface area (Å²) in [6.07, 6.45) is 3.18. The molecule has 2 aromatic rings. The first-order valence-corrected chi connectivity index (χ1v) is 10.0. The number of benzene rings is 2. The highest BCUT2D eigenvalue weighted by Crippen LogP contribution is 2.39. The third-order valence-electron chi connectivity index (χ3n) is 5.37. The maximum absolute atomic E-state index is 13.3. The molecule has 2 aliphatic heterocycles. The number of aryl methyl sites for hydroxylation is 1. The Morgan fingerprint density at radius 3 is 2.18 bits per heavy atom. The number of esters is 1. The first-order valence-electron chi connectivity index (χ1n) is 10.0. The summed E-state index contributed by atoms with van der Waals surface area (Å²) >= 11 is 0. The van der Waals surface area contributed by atoms with Gasteiger partial charge in [0, 0.05) is 24.5 Å². The predicted octanol–water partition coefficient (Wildman–Crippen LogP) is 3.25. The number of pyridine rings is 1. The summed E-state index contributed by atoms with van der Waals surface area (Å²) in [4.78, 5) is 26.0. The molecule has 0 N–H and O–H groups in total. The minimum atomic E-state index is -0.615. The van der Waals surface area contributed by atoms with Gasteiger partial charge in [-0.1, -0.05) is 18.2 Å². The second kappa shape index (κ2) is 8.70. The van der Waals surface area contributed by atoms with Gasteiger partial charge in [-0.05, 0) is 18.6 Å². The topological polar surface area (TPSA) is 93.8 Å². The minimum Gasteiger partial charge on any atom is -0.493 e. The first kappa shape index (κ1) is 21.9. The Morgan fingerprint density at radius 2 is 1.61 bits per heavy atom. The van der Waals surface area contributed by atoms with Gasteiger partial charge in [-0.2, -0.15) is 9.78 Å². The van der Waals surface area contributed by atoms with Crippen LogP contribution in [-0.2, 0) is 4.74 Å². The number of ether oxygens (including phenoxy) is 4. The van der Waals surface area contributed by atoms with Crippen LogP contribution in [0, 0.1) is 6.92 Å². The summed E-state index contributed by atoms with van der Waals surface area (Å²) in [5.41, 5.74) is 2.39. The van der Waals surface area contributed by atoms with Gasteiger partial charge in [-0.15, -0.1) is 0 Å². The Labute approximate surface area is 190 Å². The summed E-state index contributed by atoms with van der Waals surface area (Å²) in [7, 11) is 5.81. The average Bonchev–Trinajstić information content (AvgIpc) is 3.18. The minimum absolute atomic E-state index is 0.146. The van der Waals surface area contributed by atoms with Gasteiger partial charge in [0.25, 0.3) is 5.56 Å². The van der Waals surface area contributed by atoms with E-state index in [2.05, 4.69) is 5.10 Å². The molecule has 0 radical (unpaired) electrons. The Balaban J connectivity index is 2.01. The zero-order chi connectivity index (χ0) is 23.7. The van der Waals surface area contributed by atoms with Crippen molar-refractivity contribution in [2.45, 2.75) is 6.92 Å². The third-order valence-corrected chi connectivity index (χ3v) is 5.37. The van der Waals surface area contributed by atoms with Crippen molar-refractivity contribution in [2.75, 3.05) is 28.4 Å². The van der Waals surface area contributed by atoms with E-state index >= 15 is 0 Å². The van der Waals surface area contributed by atoms with Crippen LogP contribution < -0.4 is 19.8 Å². The Bertz CT molecular complexity index is 1350. The van der Waals surface area contributed by atoms with E-state index in [0.29, 0.717) is 28.6 Å². The van der Waals surface area contributed by atoms with Crippen LogP contribution >= 0.6 is 0 Å². The molecular formula is C24H23N3O6. The number of nitrogens with zero attached hydrogens (tertiary/aromatic N) is 3. The SMILES string of the molecule is COC(=O)c1cn(-c2cc(OC)c(OC)c(OC)c2)cc2c(=O)n(-c3ccccc3C)nc1-2. The zero-order valence-corrected chi connectivity index (χ0v) is 18.9. The lowest BCUT2D eigenvalue weighted by Crippen LogP contribution is -2.16. The number of hydrogen-bond acceptors (Lipinski definition) is 7. The predicted molar refractivity (Wildman–Crippen MR) is 122 cm³/mol. The summed E-state index contributed by atoms with van der Waals surface area (Å²) in [5, 5.41) is 4.46. The van der Waals surface area contributed by atoms with Gasteiger partial charge in [-0.3, -0.25) is 4.79 Å². The molecule has 0 aromatic heterocycles. The molecule has 33 heavy (non-hydrogen) atoms. The first-order chi connectivity index (χ1) is 15.9. The van der Waals surface area contributed by atoms with Crippen molar-refractivity contribution in [3.63, 3.8) is 0 Å². The fourth-order valence-electron chi connectivity index (χ4n) is 3.70. The molecule has 9 nitrogen and oxygen atoms in total. The lowest BCUT2D eigenvalue weighted by molar-refractivity contribution is 0.0600. The molecular weight excluding hydrogens is 426 g/mol. The molecule has 2 aromatic carbocycles. The van der Waals surface area contributed by atoms with Crippen molar-refractivity contribution < 1.29 is 23.7 Å². The number of carbonyl (C=O) groups is 1. The van der Waals surface area contributed by atoms with Gasteiger partial charge in [0.05, 0.1) is 45.4 Å². The van der Waals surface area contributed by atoms with Gasteiger partial charge < -0.3 is 23.5 Å². The molecule has 2 heterocycles. The van der Waals surface area contributed by atoms with Crippen molar-refractivity contribution in [3.05, 3.63) is 70.3 Å². The van der Waals surface area contributed by atoms with Crippen molar-refractivity contribution >= 4 is 5.97 Å². The van der Waals surface area contributed by atoms with E-state index in [1.54, 1.807) is 35.2 Å². The maximum Gasteiger partial charge on any atom is 0.341 e. The van der Waals surface area contributed by atoms with Crippen LogP contribution in [0.4, 0.5) is 0 Å². The number of hydrogen-bond donors (Lipinski definition) is 0. The summed E-state index contributed by atoms with van der Waals surface area (Å²) in [6.45, 7) is 1.89. The number of aromatic nitrogens is 3. The Morgan fingerprint density at radius 1 is 0.939 bits per heavy atom. The summed E-state index contributed by atoms with van der Waals surface area (Å²) in [6, 6.07) is 10.8. The molecule has 4 rings (SSSR count). The van der Waals surface area contributed by atoms with Gasteiger partial charge in [0.2, 0.25) is 5.75 Å². The zero-order valence-electron chi connectivity index (χ0n) is 18.9. The van der Waals surface area contributed by atoms with Crippen LogP contribution in [-0.4, -0.2) is 48.8 Å². The fraction of sp³-hybridized carbons (Fsp3) is 0.208. The molecule has 0 amide bonds. The van der Waals surface area contributed by atoms with Crippen LogP contribution in [0.5, 0.6) is 17.2 Å². The van der Waals surface area contributed by atoms with Gasteiger partial charge in [0.1, 0.15) is 11.3 Å². The molecule has 9 heteroatoms. The number of carbonyl (C=O) groups excluding carboxylic acids is 1. The van der Waals surface area contributed by atoms with Crippen LogP contribution in [0.1, 0.15) is 15.9 Å². The maximum atomic E-state index is 13.3. The molecule has 2 aliphatic rings. The molecule has 0 fully saturated rings. The lowest BCUT2D eigenvalue weighted by atomic mass is 10.1. The fourth-order valence-corrected chi connectivity index (χ4v) is 3.70. The number of rotatable bonds is 6. The van der Waals surface area contributed by atoms with Gasteiger partial charge >= 0.3 is 5.97 Å². The average molecular weight is 449 g/mol. The molecule has 0 saturated heterocycles. The lowest BCUT2D eigenvalue weighted by Gasteiger charge is -2.16. The molecule has 0 aliphatic carbocycles. The van der Waals surface area contributed by atoms with Crippen molar-refractivity contribution in [1.29, 1.82) is 0 Å². The highest BCUT2D eigenvalue weighted by Gasteiger charge is 2.26. The smallest absolute Gasteiger partial charge is 0.341 e. The molecule has 0 saturated carbocycles. The Kier molecular flexibility index (Phi) is 5.78. The van der Waals surface area contributed by atoms with E-state index < -0.39 is 5.97 Å². The van der Waals surface area contributed by atoms with Gasteiger partial charge in [0.15, 0.2) is 11.5 Å². The number of para-hydroxylation sites is 1. The van der Waals surface area contributed by atoms with Crippen LogP contribution in [0.3, 0.4) is 0 Å². The second-order valence-electron chi connectivity index (χ2n) is 7.22. The van der Waals surface area contributed by atoms with E-state index in [1.165, 1.54) is 33.1 Å². The van der Waals surface area contributed by atoms with E-state index in [0.717, 1.165) is 5.56 Å². The number of methoxy groups -OCH3 is 4. The Hall–Kier alpha value is -4.27. The van der Waals surface area contributed by atoms with Crippen molar-refractivity contribution in [3.8, 4) is 39.9 Å². The largest absolute Gasteiger partial charge is 0.493 e. The van der Waals surface area contributed by atoms with Gasteiger partial charge in [-0.25, -0.2) is 4.79 Å². The molecule has 0 unspecified atom stereocenters. The summed E-state index contributed by atoms with van der Waals surface area (Å²) in [5.74, 6) is 0.667. The van der Waals surface area contributed by atoms with Crippen molar-refractivity contribution in [1.82, 2.24) is 14.3 Å². The van der Waals surface area contributed by atoms with Crippen molar-refractivity contribution in [2.24, 2.45) is 0 Å². The molecule has 0 bridgehead atoms. The van der Waals surface area contributed by atoms with Crippen LogP contribution in [0.25, 0.3) is 22.6 Å². The molecule has 0 atom stereocenters. The van der Waals surface area contributed by atoms with E-state index in [4.69, 9.17) is 18.9 Å². The number of fused-ring (bicyclic) bond motifs is 1. The quantitative estimate of drug-likeness (QED) is 0.417. The van der Waals surface area contributed by atoms with E-state index in [-0.39, 0.29) is 22.4 Å². The molecule has 0 spiro atoms. The van der Waals surface area contributed by atoms with E-state index in [9.17, 15) is 9.59 Å². The van der Waals surface area contributed by atoms with E-state index in [1.807, 2.05) is 25.1 Å². The third kappa shape index (κ3) is 3.67.